The Morgan fingerprint density at radius 3 is 2.76 bits per heavy atom. The lowest BCUT2D eigenvalue weighted by Gasteiger charge is -2.09. The molecule has 110 valence electrons. The molecule has 7 nitrogen and oxygen atoms in total. The molecule has 0 radical (unpaired) electrons. The molecular formula is C12H11F2N5O2. The average Bonchev–Trinajstić information content (AvgIpc) is 2.42. The smallest absolute Gasteiger partial charge is 0.329 e. The molecule has 0 spiro atoms. The Balaban J connectivity index is 2.40. The predicted octanol–water partition coefficient (Wildman–Crippen LogP) is 2.84. The Labute approximate surface area is 118 Å². The molecule has 0 saturated carbocycles. The van der Waals surface area contributed by atoms with Gasteiger partial charge in [0.15, 0.2) is 0 Å². The molecule has 0 amide bonds. The van der Waals surface area contributed by atoms with E-state index in [9.17, 15) is 18.9 Å². The van der Waals surface area contributed by atoms with Gasteiger partial charge in [-0.1, -0.05) is 0 Å². The highest BCUT2D eigenvalue weighted by Crippen LogP contribution is 2.27. The van der Waals surface area contributed by atoms with Crippen LogP contribution in [0.5, 0.6) is 0 Å². The summed E-state index contributed by atoms with van der Waals surface area (Å²) in [7, 11) is 0. The lowest BCUT2D eigenvalue weighted by molar-refractivity contribution is -0.384. The third kappa shape index (κ3) is 3.38. The summed E-state index contributed by atoms with van der Waals surface area (Å²) in [6.07, 6.45) is 1.01. The second kappa shape index (κ2) is 6.07. The van der Waals surface area contributed by atoms with Gasteiger partial charge in [0, 0.05) is 12.6 Å². The molecule has 0 aliphatic rings. The van der Waals surface area contributed by atoms with E-state index in [4.69, 9.17) is 0 Å². The largest absolute Gasteiger partial charge is 0.354 e. The number of rotatable bonds is 5. The van der Waals surface area contributed by atoms with Crippen LogP contribution in [0.15, 0.2) is 24.4 Å². The van der Waals surface area contributed by atoms with Crippen LogP contribution in [0.25, 0.3) is 0 Å². The quantitative estimate of drug-likeness (QED) is 0.651. The van der Waals surface area contributed by atoms with Crippen LogP contribution in [0.4, 0.5) is 31.9 Å². The van der Waals surface area contributed by atoms with Crippen molar-refractivity contribution in [3.63, 3.8) is 0 Å². The second-order valence-corrected chi connectivity index (χ2v) is 3.96. The number of benzene rings is 1. The number of halogens is 2. The monoisotopic (exact) mass is 295 g/mol. The number of aromatic nitrogens is 2. The van der Waals surface area contributed by atoms with Gasteiger partial charge in [-0.3, -0.25) is 10.1 Å². The molecule has 0 unspecified atom stereocenters. The lowest BCUT2D eigenvalue weighted by Crippen LogP contribution is -2.07. The molecule has 1 aromatic heterocycles. The topological polar surface area (TPSA) is 93.0 Å². The van der Waals surface area contributed by atoms with Crippen molar-refractivity contribution in [3.05, 3.63) is 46.1 Å². The van der Waals surface area contributed by atoms with E-state index in [1.54, 1.807) is 6.92 Å². The molecule has 1 heterocycles. The van der Waals surface area contributed by atoms with E-state index in [0.29, 0.717) is 12.6 Å². The molecule has 1 aromatic carbocycles. The van der Waals surface area contributed by atoms with Gasteiger partial charge in [0.1, 0.15) is 17.8 Å². The summed E-state index contributed by atoms with van der Waals surface area (Å²) in [6, 6.07) is 2.83. The van der Waals surface area contributed by atoms with E-state index < -0.39 is 22.2 Å². The van der Waals surface area contributed by atoms with E-state index in [1.807, 2.05) is 0 Å². The lowest BCUT2D eigenvalue weighted by atomic mass is 10.3. The molecule has 0 atom stereocenters. The number of hydrogen-bond donors (Lipinski definition) is 2. The van der Waals surface area contributed by atoms with Crippen molar-refractivity contribution >= 4 is 23.1 Å². The fraction of sp³-hybridized carbons (Fsp3) is 0.167. The summed E-state index contributed by atoms with van der Waals surface area (Å²) in [4.78, 5) is 17.9. The minimum Gasteiger partial charge on any atom is -0.354 e. The van der Waals surface area contributed by atoms with Crippen molar-refractivity contribution in [3.8, 4) is 0 Å². The van der Waals surface area contributed by atoms with Crippen LogP contribution < -0.4 is 10.6 Å². The number of nitrogens with zero attached hydrogens (tertiary/aromatic N) is 3. The van der Waals surface area contributed by atoms with Gasteiger partial charge in [0.2, 0.25) is 11.8 Å². The van der Waals surface area contributed by atoms with Gasteiger partial charge in [0.25, 0.3) is 0 Å². The molecule has 0 fully saturated rings. The van der Waals surface area contributed by atoms with Crippen LogP contribution in [-0.4, -0.2) is 21.4 Å². The maximum absolute atomic E-state index is 13.6. The number of anilines is 3. The van der Waals surface area contributed by atoms with E-state index in [2.05, 4.69) is 20.6 Å². The van der Waals surface area contributed by atoms with Crippen LogP contribution in [0, 0.1) is 21.7 Å². The van der Waals surface area contributed by atoms with Crippen molar-refractivity contribution in [1.82, 2.24) is 9.97 Å². The molecule has 0 aliphatic carbocycles. The van der Waals surface area contributed by atoms with E-state index >= 15 is 0 Å². The van der Waals surface area contributed by atoms with Gasteiger partial charge >= 0.3 is 5.69 Å². The van der Waals surface area contributed by atoms with Gasteiger partial charge in [-0.15, -0.1) is 0 Å². The molecule has 0 aliphatic heterocycles. The Morgan fingerprint density at radius 1 is 1.38 bits per heavy atom. The molecule has 2 N–H and O–H groups in total. The molecular weight excluding hydrogens is 284 g/mol. The van der Waals surface area contributed by atoms with E-state index in [1.165, 1.54) is 0 Å². The summed E-state index contributed by atoms with van der Waals surface area (Å²) >= 11 is 0. The SMILES string of the molecule is CCNc1ncc([N+](=O)[O-])c(Nc2ccc(F)cc2F)n1. The minimum atomic E-state index is -0.882. The fourth-order valence-electron chi connectivity index (χ4n) is 1.56. The first-order valence-electron chi connectivity index (χ1n) is 5.98. The van der Waals surface area contributed by atoms with Gasteiger partial charge < -0.3 is 10.6 Å². The third-order valence-electron chi connectivity index (χ3n) is 2.49. The third-order valence-corrected chi connectivity index (χ3v) is 2.49. The highest BCUT2D eigenvalue weighted by Gasteiger charge is 2.18. The summed E-state index contributed by atoms with van der Waals surface area (Å²) in [5.41, 5.74) is -0.541. The standard InChI is InChI=1S/C12H11F2N5O2/c1-2-15-12-16-6-10(19(20)21)11(18-12)17-9-4-3-7(13)5-8(9)14/h3-6H,2H2,1H3,(H2,15,16,17,18). The Bertz CT molecular complexity index is 681. The van der Waals surface area contributed by atoms with E-state index in [0.717, 1.165) is 18.3 Å². The van der Waals surface area contributed by atoms with Gasteiger partial charge in [-0.05, 0) is 19.1 Å². The molecule has 21 heavy (non-hydrogen) atoms. The fourth-order valence-corrected chi connectivity index (χ4v) is 1.56. The van der Waals surface area contributed by atoms with Crippen LogP contribution in [-0.2, 0) is 0 Å². The van der Waals surface area contributed by atoms with Crippen molar-refractivity contribution in [2.24, 2.45) is 0 Å². The maximum Gasteiger partial charge on any atom is 0.329 e. The summed E-state index contributed by atoms with van der Waals surface area (Å²) < 4.78 is 26.4. The van der Waals surface area contributed by atoms with Crippen molar-refractivity contribution in [1.29, 1.82) is 0 Å². The van der Waals surface area contributed by atoms with Gasteiger partial charge in [0.05, 0.1) is 10.6 Å². The summed E-state index contributed by atoms with van der Waals surface area (Å²) in [5.74, 6) is -1.65. The molecule has 2 aromatic rings. The zero-order valence-electron chi connectivity index (χ0n) is 10.9. The Kier molecular flexibility index (Phi) is 4.21. The summed E-state index contributed by atoms with van der Waals surface area (Å²) in [5, 5.41) is 16.2. The summed E-state index contributed by atoms with van der Waals surface area (Å²) in [6.45, 7) is 2.32. The highest BCUT2D eigenvalue weighted by atomic mass is 19.1. The minimum absolute atomic E-state index is 0.124. The predicted molar refractivity (Wildman–Crippen MR) is 72.5 cm³/mol. The van der Waals surface area contributed by atoms with Crippen molar-refractivity contribution in [2.45, 2.75) is 6.92 Å². The molecule has 0 saturated heterocycles. The zero-order chi connectivity index (χ0) is 15.4. The number of nitrogens with one attached hydrogen (secondary N) is 2. The molecule has 9 heteroatoms. The maximum atomic E-state index is 13.6. The average molecular weight is 295 g/mol. The van der Waals surface area contributed by atoms with Crippen LogP contribution in [0.3, 0.4) is 0 Å². The first-order chi connectivity index (χ1) is 10.0. The first-order valence-corrected chi connectivity index (χ1v) is 5.98. The molecule has 2 rings (SSSR count). The normalized spacial score (nSPS) is 10.2. The number of nitro groups is 1. The Morgan fingerprint density at radius 2 is 2.14 bits per heavy atom. The highest BCUT2D eigenvalue weighted by molar-refractivity contribution is 5.66. The van der Waals surface area contributed by atoms with Crippen LogP contribution in [0.2, 0.25) is 0 Å². The number of hydrogen-bond acceptors (Lipinski definition) is 6. The van der Waals surface area contributed by atoms with Crippen molar-refractivity contribution < 1.29 is 13.7 Å². The van der Waals surface area contributed by atoms with Gasteiger partial charge in [-0.2, -0.15) is 4.98 Å². The van der Waals surface area contributed by atoms with Crippen molar-refractivity contribution in [2.75, 3.05) is 17.2 Å². The van der Waals surface area contributed by atoms with E-state index in [-0.39, 0.29) is 17.5 Å². The molecule has 0 bridgehead atoms. The Hall–Kier alpha value is -2.84. The van der Waals surface area contributed by atoms with Gasteiger partial charge in [-0.25, -0.2) is 13.8 Å². The second-order valence-electron chi connectivity index (χ2n) is 3.96. The van der Waals surface area contributed by atoms with Crippen LogP contribution >= 0.6 is 0 Å². The zero-order valence-corrected chi connectivity index (χ0v) is 10.9. The van der Waals surface area contributed by atoms with Crippen LogP contribution in [0.1, 0.15) is 6.92 Å². The first kappa shape index (κ1) is 14.6.